The number of aliphatic hydroxyl groups excluding tert-OH is 4. The number of rotatable bonds is 15. The molecule has 0 saturated carbocycles. The first-order chi connectivity index (χ1) is 58.5. The number of allylic oxidation sites excluding steroid dienone is 4. The lowest BCUT2D eigenvalue weighted by Gasteiger charge is -2.48. The summed E-state index contributed by atoms with van der Waals surface area (Å²) in [4.78, 5) is 28.6. The molecule has 12 heterocycles. The maximum Gasteiger partial charge on any atom is 0.316 e. The Labute approximate surface area is 739 Å². The number of hydrogen-bond acceptors (Lipinski definition) is 28. The van der Waals surface area contributed by atoms with Gasteiger partial charge in [0.1, 0.15) is 84.1 Å². The predicted molar refractivity (Wildman–Crippen MR) is 457 cm³/mol. The third-order valence-electron chi connectivity index (χ3n) is 28.5. The molecule has 4 bridgehead atoms. The van der Waals surface area contributed by atoms with Crippen molar-refractivity contribution in [2.75, 3.05) is 41.7 Å². The van der Waals surface area contributed by atoms with Crippen molar-refractivity contribution in [2.24, 2.45) is 47.3 Å². The van der Waals surface area contributed by atoms with Crippen molar-refractivity contribution in [3.8, 4) is 0 Å². The van der Waals surface area contributed by atoms with Crippen LogP contribution in [0.1, 0.15) is 181 Å². The Bertz CT molecular complexity index is 3930. The molecule has 8 fully saturated rings. The zero-order chi connectivity index (χ0) is 88.6. The number of fused-ring (bicyclic) bond motifs is 4. The van der Waals surface area contributed by atoms with Gasteiger partial charge >= 0.3 is 11.9 Å². The second-order valence-electron chi connectivity index (χ2n) is 37.8. The van der Waals surface area contributed by atoms with Gasteiger partial charge < -0.3 is 125 Å². The molecule has 39 atom stereocenters. The highest BCUT2D eigenvalue weighted by molar-refractivity contribution is 5.85. The molecule has 6 N–H and O–H groups in total. The number of esters is 2. The highest BCUT2D eigenvalue weighted by atomic mass is 35.5. The van der Waals surface area contributed by atoms with Crippen LogP contribution in [-0.4, -0.2) is 279 Å². The van der Waals surface area contributed by atoms with Crippen molar-refractivity contribution >= 4 is 24.3 Å². The minimum absolute atomic E-state index is 0. The van der Waals surface area contributed by atoms with Crippen molar-refractivity contribution in [1.29, 1.82) is 0 Å². The average molecular weight is 1770 g/mol. The molecule has 2 spiro atoms. The number of carbonyl (C=O) groups excluding carboxylic acids is 2. The molecule has 14 aliphatic rings. The Morgan fingerprint density at radius 1 is 0.460 bits per heavy atom. The van der Waals surface area contributed by atoms with Crippen LogP contribution in [0.3, 0.4) is 0 Å². The lowest BCUT2D eigenvalue weighted by molar-refractivity contribution is -0.318. The summed E-state index contributed by atoms with van der Waals surface area (Å²) in [7, 11) is 6.44. The summed E-state index contributed by atoms with van der Waals surface area (Å²) in [5.41, 5.74) is 0.263. The minimum atomic E-state index is -1.84. The highest BCUT2D eigenvalue weighted by Gasteiger charge is 2.63. The van der Waals surface area contributed by atoms with Gasteiger partial charge in [0.25, 0.3) is 0 Å². The molecule has 0 aromatic rings. The van der Waals surface area contributed by atoms with E-state index in [-0.39, 0.29) is 97.8 Å². The van der Waals surface area contributed by atoms with Gasteiger partial charge in [-0.1, -0.05) is 135 Å². The zero-order valence-electron chi connectivity index (χ0n) is 76.1. The van der Waals surface area contributed by atoms with E-state index in [0.717, 1.165) is 17.6 Å². The average Bonchev–Trinajstić information content (AvgIpc) is 1.55. The van der Waals surface area contributed by atoms with Crippen molar-refractivity contribution < 1.29 is 135 Å². The first-order valence-electron chi connectivity index (χ1n) is 45.2. The van der Waals surface area contributed by atoms with Gasteiger partial charge in [-0.2, -0.15) is 0 Å². The third-order valence-corrected chi connectivity index (χ3v) is 28.5. The van der Waals surface area contributed by atoms with E-state index in [9.17, 15) is 40.2 Å². The van der Waals surface area contributed by atoms with Crippen LogP contribution >= 0.6 is 12.4 Å². The van der Waals surface area contributed by atoms with Gasteiger partial charge in [0.2, 0.25) is 0 Å². The number of methoxy groups -OCH3 is 4. The molecule has 28 nitrogen and oxygen atoms in total. The molecule has 14 rings (SSSR count). The summed E-state index contributed by atoms with van der Waals surface area (Å²) >= 11 is 0. The van der Waals surface area contributed by atoms with Crippen LogP contribution < -0.4 is 0 Å². The van der Waals surface area contributed by atoms with Gasteiger partial charge in [0.15, 0.2) is 36.7 Å². The molecule has 0 aromatic heterocycles. The van der Waals surface area contributed by atoms with E-state index in [1.165, 1.54) is 0 Å². The van der Waals surface area contributed by atoms with Gasteiger partial charge in [-0.15, -0.1) is 12.4 Å². The number of halogens is 1. The molecule has 0 aromatic carbocycles. The molecule has 2 aliphatic carbocycles. The predicted octanol–water partition coefficient (Wildman–Crippen LogP) is 10.8. The molecule has 29 heteroatoms. The number of aliphatic hydroxyl groups is 6. The third kappa shape index (κ3) is 21.1. The molecular formula is C95H143ClO28. The highest BCUT2D eigenvalue weighted by Crippen LogP contribution is 2.51. The fourth-order valence-corrected chi connectivity index (χ4v) is 21.0. The van der Waals surface area contributed by atoms with E-state index in [1.807, 2.05) is 64.2 Å². The van der Waals surface area contributed by atoms with Crippen LogP contribution in [0.2, 0.25) is 0 Å². The van der Waals surface area contributed by atoms with Crippen LogP contribution in [0.5, 0.6) is 0 Å². The molecular weight excluding hydrogens is 1620 g/mol. The molecule has 0 radical (unpaired) electrons. The van der Waals surface area contributed by atoms with Crippen molar-refractivity contribution in [3.63, 3.8) is 0 Å². The van der Waals surface area contributed by atoms with Crippen LogP contribution in [0.25, 0.3) is 0 Å². The number of hydrogen-bond donors (Lipinski definition) is 6. The topological polar surface area (TPSA) is 340 Å². The monoisotopic (exact) mass is 1770 g/mol. The zero-order valence-corrected chi connectivity index (χ0v) is 76.9. The molecule has 0 amide bonds. The molecule has 124 heavy (non-hydrogen) atoms. The van der Waals surface area contributed by atoms with Crippen LogP contribution in [0, 0.1) is 47.3 Å². The Balaban J connectivity index is 0.000000224. The van der Waals surface area contributed by atoms with E-state index < -0.39 is 182 Å². The SMILES string of the molecule is CC[C@H](C)[C@H]1O[C@]2(C=C[C@@H]1C)C[C@@H]1C[C@@H](C/C=C(\C)[C@@H](O[C@H]3C[C@H](OC)[C@@H](O[C@H]4C[C@H](OC)[C@@H](O)[C@H](C)O4)[C@H](C)O3)[C@@H](C)/C=C/C=C3\CO[C@@H]4[C@H](O)C(C)=C[C@@H](C(=O)O1)[C@]34O)O2.CO[C@H]1C[C@H](O[C@H]2[C@H](C)O[C@@H](O[C@@H]3/C(C)=C/C[C@@H]4C[C@@H](C[C@]5(C=C[C@H](C)[C@@H](C(C)C)O5)O4)OC(=O)[C@@H]4C=C(C)[C@@H](O)[C@H]5OC/C(=C\C=C\[C@@H]3C)[C@]54O)C[C@@H]2OC)O[C@@H](C)[C@@H]1O.Cl. The summed E-state index contributed by atoms with van der Waals surface area (Å²) < 4.78 is 127. The Hall–Kier alpha value is -4.33. The van der Waals surface area contributed by atoms with E-state index >= 15 is 0 Å². The van der Waals surface area contributed by atoms with Crippen molar-refractivity contribution in [3.05, 3.63) is 119 Å². The first kappa shape index (κ1) is 98.7. The Kier molecular flexibility index (Phi) is 33.1. The van der Waals surface area contributed by atoms with Crippen LogP contribution in [0.4, 0.5) is 0 Å². The van der Waals surface area contributed by atoms with E-state index in [2.05, 4.69) is 79.7 Å². The molecule has 8 saturated heterocycles. The maximum absolute atomic E-state index is 14.3. The molecule has 12 aliphatic heterocycles. The summed E-state index contributed by atoms with van der Waals surface area (Å²) in [5, 5.41) is 68.4. The van der Waals surface area contributed by atoms with Crippen LogP contribution in [0.15, 0.2) is 119 Å². The van der Waals surface area contributed by atoms with Crippen LogP contribution in [-0.2, 0) is 104 Å². The Morgan fingerprint density at radius 3 is 1.22 bits per heavy atom. The summed E-state index contributed by atoms with van der Waals surface area (Å²) in [6.45, 7) is 32.1. The number of ether oxygens (including phenoxy) is 20. The van der Waals surface area contributed by atoms with E-state index in [4.69, 9.17) is 94.7 Å². The lowest BCUT2D eigenvalue weighted by Crippen LogP contribution is -2.58. The smallest absolute Gasteiger partial charge is 0.316 e. The Morgan fingerprint density at radius 2 is 0.831 bits per heavy atom. The van der Waals surface area contributed by atoms with Gasteiger partial charge in [-0.3, -0.25) is 9.59 Å². The fraction of sp³-hybridized carbons (Fsp3) is 0.768. The summed E-state index contributed by atoms with van der Waals surface area (Å²) in [5.74, 6) is -5.18. The van der Waals surface area contributed by atoms with Gasteiger partial charge in [-0.05, 0) is 126 Å². The van der Waals surface area contributed by atoms with E-state index in [0.29, 0.717) is 86.5 Å². The summed E-state index contributed by atoms with van der Waals surface area (Å²) in [6, 6.07) is 0. The molecule has 0 unspecified atom stereocenters. The second kappa shape index (κ2) is 41.6. The summed E-state index contributed by atoms with van der Waals surface area (Å²) in [6.07, 6.45) is 16.1. The van der Waals surface area contributed by atoms with Gasteiger partial charge in [0.05, 0.1) is 98.7 Å². The van der Waals surface area contributed by atoms with Crippen molar-refractivity contribution in [1.82, 2.24) is 0 Å². The largest absolute Gasteiger partial charge is 0.462 e. The van der Waals surface area contributed by atoms with E-state index in [1.54, 1.807) is 80.4 Å². The fourth-order valence-electron chi connectivity index (χ4n) is 21.0. The van der Waals surface area contributed by atoms with Gasteiger partial charge in [-0.25, -0.2) is 0 Å². The quantitative estimate of drug-likeness (QED) is 0.0655. The number of carbonyl (C=O) groups is 2. The van der Waals surface area contributed by atoms with Crippen molar-refractivity contribution in [2.45, 2.75) is 376 Å². The standard InChI is InChI=1S/C48H72O14.C47H70O14.ClH/c1-11-25(2)43-28(5)17-18-47(62-43)23-34-20-33(61-47)16-15-27(4)42(26(3)13-12-14-32-24-55-45-40(49)29(6)19-35(46(51)58-34)48(32,45)52)59-39-22-37(54-10)44(31(8)57-39)60-38-21-36(53-9)41(50)30(7)56-38;1-24(2)41-27(5)16-17-46(61-41)22-33-19-32(60-46)15-14-26(4)42(25(3)12-11-13-31-23-54-44-39(48)28(6)18-34(45(50)57-33)47(31,44)51)58-38-21-36(53-10)43(30(8)56-38)59-37-20-35(52-9)40(49)29(7)55-37;/h12-15,17-19,25-26,28,30-31,33-45,49-50,52H,11,16,20-24H2,1-10H3;11-14,16-18,24-25,27,29-30,32-44,48-49,51H,15,19-23H2,1-10H3;1H/b13-12+,27-15+,32-14+;12-11+,26-14+,31-13+;/t25-,26-,28-,30-,31-,33+,34-,35-,36-,37-,38-,39-,40+,41-,42-,43+,44-,45+,47+,48+;25-,27-,29-,30-,32+,33-,34-,35-,36-,37-,38-,39+,40-,41+,42-,43-,44+,46+,47+;/m00./s1. The second-order valence-corrected chi connectivity index (χ2v) is 37.8. The maximum atomic E-state index is 14.3. The normalized spacial score (nSPS) is 48.8. The van der Waals surface area contributed by atoms with Gasteiger partial charge in [0, 0.05) is 103 Å². The first-order valence-corrected chi connectivity index (χ1v) is 45.2. The minimum Gasteiger partial charge on any atom is -0.462 e. The molecule has 698 valence electrons. The lowest BCUT2D eigenvalue weighted by atomic mass is 9.71.